The van der Waals surface area contributed by atoms with Gasteiger partial charge >= 0.3 is 0 Å². The lowest BCUT2D eigenvalue weighted by atomic mass is 10.0. The molecule has 5 nitrogen and oxygen atoms in total. The number of fused-ring (bicyclic) bond motifs is 1. The minimum atomic E-state index is 0. The third-order valence-electron chi connectivity index (χ3n) is 5.86. The zero-order valence-corrected chi connectivity index (χ0v) is 18.1. The fourth-order valence-corrected chi connectivity index (χ4v) is 3.99. The van der Waals surface area contributed by atoms with Gasteiger partial charge in [-0.25, -0.2) is 4.98 Å². The molecular formula is C20H30IN5. The van der Waals surface area contributed by atoms with E-state index in [1.165, 1.54) is 31.2 Å². The quantitative estimate of drug-likeness (QED) is 0.283. The molecule has 2 aromatic rings. The van der Waals surface area contributed by atoms with Crippen molar-refractivity contribution in [2.75, 3.05) is 20.1 Å². The molecule has 2 aliphatic carbocycles. The number of nitrogens with one attached hydrogen (secondary N) is 2. The van der Waals surface area contributed by atoms with Gasteiger partial charge < -0.3 is 15.2 Å². The average molecular weight is 467 g/mol. The number of hydrogen-bond donors (Lipinski definition) is 2. The molecule has 6 heteroatoms. The molecular weight excluding hydrogens is 437 g/mol. The Labute approximate surface area is 173 Å². The lowest BCUT2D eigenvalue weighted by molar-refractivity contribution is 0.431. The maximum atomic E-state index is 4.64. The highest BCUT2D eigenvalue weighted by molar-refractivity contribution is 14.0. The van der Waals surface area contributed by atoms with Crippen LogP contribution in [0.1, 0.15) is 37.9 Å². The highest BCUT2D eigenvalue weighted by Gasteiger charge is 2.53. The number of imidazole rings is 1. The first-order chi connectivity index (χ1) is 12.2. The molecule has 0 radical (unpaired) electrons. The molecule has 0 aliphatic heterocycles. The van der Waals surface area contributed by atoms with Gasteiger partial charge in [-0.15, -0.1) is 24.0 Å². The predicted molar refractivity (Wildman–Crippen MR) is 118 cm³/mol. The summed E-state index contributed by atoms with van der Waals surface area (Å²) in [5.41, 5.74) is 2.91. The van der Waals surface area contributed by atoms with Gasteiger partial charge in [0.15, 0.2) is 5.96 Å². The lowest BCUT2D eigenvalue weighted by Crippen LogP contribution is -2.41. The number of aliphatic imine (C=N–C) groups is 1. The Balaban J connectivity index is 0.00000196. The number of rotatable bonds is 7. The molecule has 4 rings (SSSR count). The second-order valence-electron chi connectivity index (χ2n) is 7.64. The average Bonchev–Trinajstić information content (AvgIpc) is 3.52. The molecule has 0 amide bonds. The van der Waals surface area contributed by atoms with Gasteiger partial charge in [-0.05, 0) is 62.5 Å². The number of nitrogens with zero attached hydrogens (tertiary/aromatic N) is 3. The molecule has 1 aromatic carbocycles. The van der Waals surface area contributed by atoms with Crippen LogP contribution in [0.25, 0.3) is 11.0 Å². The van der Waals surface area contributed by atoms with Gasteiger partial charge in [-0.3, -0.25) is 4.99 Å². The van der Waals surface area contributed by atoms with Gasteiger partial charge in [0.1, 0.15) is 5.82 Å². The van der Waals surface area contributed by atoms with Crippen LogP contribution in [-0.2, 0) is 6.54 Å². The minimum absolute atomic E-state index is 0. The van der Waals surface area contributed by atoms with E-state index in [0.717, 1.165) is 49.3 Å². The SMILES string of the molecule is CN=C(NCCCn1c(C)nc2ccccc21)NCC1(C2CC2)CC1.I. The Morgan fingerprint density at radius 2 is 2.04 bits per heavy atom. The number of aromatic nitrogens is 2. The highest BCUT2D eigenvalue weighted by Crippen LogP contribution is 2.60. The Morgan fingerprint density at radius 3 is 2.73 bits per heavy atom. The standard InChI is InChI=1S/C20H29N5.HI/c1-15-24-17-6-3-4-7-18(17)25(15)13-5-12-22-19(21-2)23-14-20(10-11-20)16-8-9-16;/h3-4,6-7,16H,5,8-14H2,1-2H3,(H2,21,22,23);1H. The van der Waals surface area contributed by atoms with E-state index < -0.39 is 0 Å². The number of para-hydroxylation sites is 2. The van der Waals surface area contributed by atoms with E-state index in [1.807, 2.05) is 13.1 Å². The van der Waals surface area contributed by atoms with Crippen molar-refractivity contribution in [1.82, 2.24) is 20.2 Å². The number of guanidine groups is 1. The largest absolute Gasteiger partial charge is 0.356 e. The van der Waals surface area contributed by atoms with E-state index >= 15 is 0 Å². The lowest BCUT2D eigenvalue weighted by Gasteiger charge is -2.18. The molecule has 1 aromatic heterocycles. The molecule has 1 heterocycles. The molecule has 0 saturated heterocycles. The summed E-state index contributed by atoms with van der Waals surface area (Å²) < 4.78 is 2.31. The zero-order chi connectivity index (χ0) is 17.3. The van der Waals surface area contributed by atoms with Crippen LogP contribution in [0.5, 0.6) is 0 Å². The van der Waals surface area contributed by atoms with Crippen molar-refractivity contribution in [1.29, 1.82) is 0 Å². The van der Waals surface area contributed by atoms with Crippen LogP contribution in [-0.4, -0.2) is 35.6 Å². The first kappa shape index (κ1) is 19.5. The number of benzene rings is 1. The van der Waals surface area contributed by atoms with Crippen LogP contribution < -0.4 is 10.6 Å². The maximum Gasteiger partial charge on any atom is 0.190 e. The van der Waals surface area contributed by atoms with E-state index in [2.05, 4.69) is 50.3 Å². The summed E-state index contributed by atoms with van der Waals surface area (Å²) >= 11 is 0. The summed E-state index contributed by atoms with van der Waals surface area (Å²) in [6.07, 6.45) is 6.72. The van der Waals surface area contributed by atoms with Gasteiger partial charge in [0.05, 0.1) is 11.0 Å². The summed E-state index contributed by atoms with van der Waals surface area (Å²) in [5, 5.41) is 7.01. The summed E-state index contributed by atoms with van der Waals surface area (Å²) in [5.74, 6) is 3.01. The molecule has 26 heavy (non-hydrogen) atoms. The monoisotopic (exact) mass is 467 g/mol. The first-order valence-corrected chi connectivity index (χ1v) is 9.58. The Morgan fingerprint density at radius 1 is 1.27 bits per heavy atom. The van der Waals surface area contributed by atoms with Crippen molar-refractivity contribution in [2.24, 2.45) is 16.3 Å². The van der Waals surface area contributed by atoms with Gasteiger partial charge in [-0.2, -0.15) is 0 Å². The van der Waals surface area contributed by atoms with Gasteiger partial charge in [-0.1, -0.05) is 12.1 Å². The topological polar surface area (TPSA) is 54.2 Å². The summed E-state index contributed by atoms with van der Waals surface area (Å²) in [7, 11) is 1.86. The van der Waals surface area contributed by atoms with Crippen LogP contribution in [0.4, 0.5) is 0 Å². The number of hydrogen-bond acceptors (Lipinski definition) is 2. The summed E-state index contributed by atoms with van der Waals surface area (Å²) in [6.45, 7) is 5.06. The Kier molecular flexibility index (Phi) is 6.10. The van der Waals surface area contributed by atoms with Crippen molar-refractivity contribution in [3.05, 3.63) is 30.1 Å². The van der Waals surface area contributed by atoms with Crippen molar-refractivity contribution >= 4 is 41.0 Å². The molecule has 0 unspecified atom stereocenters. The van der Waals surface area contributed by atoms with Gasteiger partial charge in [0.25, 0.3) is 0 Å². The molecule has 0 atom stereocenters. The second kappa shape index (κ2) is 8.15. The fourth-order valence-electron chi connectivity index (χ4n) is 3.99. The highest BCUT2D eigenvalue weighted by atomic mass is 127. The van der Waals surface area contributed by atoms with E-state index in [9.17, 15) is 0 Å². The first-order valence-electron chi connectivity index (χ1n) is 9.58. The number of halogens is 1. The second-order valence-corrected chi connectivity index (χ2v) is 7.64. The van der Waals surface area contributed by atoms with Crippen molar-refractivity contribution in [2.45, 2.75) is 45.6 Å². The van der Waals surface area contributed by atoms with E-state index in [-0.39, 0.29) is 24.0 Å². The summed E-state index contributed by atoms with van der Waals surface area (Å²) in [4.78, 5) is 9.01. The number of aryl methyl sites for hydroxylation is 2. The van der Waals surface area contributed by atoms with Crippen LogP contribution in [0.2, 0.25) is 0 Å². The van der Waals surface area contributed by atoms with E-state index in [4.69, 9.17) is 0 Å². The molecule has 2 N–H and O–H groups in total. The van der Waals surface area contributed by atoms with Gasteiger partial charge in [0, 0.05) is 26.7 Å². The minimum Gasteiger partial charge on any atom is -0.356 e. The Bertz CT molecular complexity index is 774. The van der Waals surface area contributed by atoms with Crippen molar-refractivity contribution in [3.63, 3.8) is 0 Å². The predicted octanol–water partition coefficient (Wildman–Crippen LogP) is 3.71. The third-order valence-corrected chi connectivity index (χ3v) is 5.86. The molecule has 142 valence electrons. The van der Waals surface area contributed by atoms with Gasteiger partial charge in [0.2, 0.25) is 0 Å². The van der Waals surface area contributed by atoms with Crippen LogP contribution in [0, 0.1) is 18.3 Å². The van der Waals surface area contributed by atoms with Crippen LogP contribution in [0.15, 0.2) is 29.3 Å². The molecule has 2 saturated carbocycles. The maximum absolute atomic E-state index is 4.64. The summed E-state index contributed by atoms with van der Waals surface area (Å²) in [6, 6.07) is 8.36. The van der Waals surface area contributed by atoms with Crippen molar-refractivity contribution in [3.8, 4) is 0 Å². The van der Waals surface area contributed by atoms with Crippen molar-refractivity contribution < 1.29 is 0 Å². The smallest absolute Gasteiger partial charge is 0.190 e. The van der Waals surface area contributed by atoms with Crippen LogP contribution in [0.3, 0.4) is 0 Å². The Hall–Kier alpha value is -1.31. The molecule has 2 fully saturated rings. The molecule has 0 bridgehead atoms. The van der Waals surface area contributed by atoms with E-state index in [0.29, 0.717) is 5.41 Å². The van der Waals surface area contributed by atoms with Crippen LogP contribution >= 0.6 is 24.0 Å². The third kappa shape index (κ3) is 4.15. The molecule has 0 spiro atoms. The normalized spacial score (nSPS) is 18.5. The van der Waals surface area contributed by atoms with E-state index in [1.54, 1.807) is 0 Å². The molecule has 2 aliphatic rings. The zero-order valence-electron chi connectivity index (χ0n) is 15.8. The fraction of sp³-hybridized carbons (Fsp3) is 0.600.